The number of hydrogen-bond acceptors (Lipinski definition) is 4. The summed E-state index contributed by atoms with van der Waals surface area (Å²) in [4.78, 5) is 11.0. The minimum atomic E-state index is -0.336. The van der Waals surface area contributed by atoms with Crippen LogP contribution in [0.4, 0.5) is 4.39 Å². The highest BCUT2D eigenvalue weighted by atomic mass is 127. The van der Waals surface area contributed by atoms with Crippen molar-refractivity contribution < 1.29 is 9.13 Å². The summed E-state index contributed by atoms with van der Waals surface area (Å²) >= 11 is 0. The van der Waals surface area contributed by atoms with Crippen LogP contribution in [0.2, 0.25) is 0 Å². The van der Waals surface area contributed by atoms with Gasteiger partial charge in [0, 0.05) is 46.3 Å². The van der Waals surface area contributed by atoms with Crippen LogP contribution >= 0.6 is 24.0 Å². The van der Waals surface area contributed by atoms with E-state index in [0.29, 0.717) is 19.2 Å². The number of para-hydroxylation sites is 1. The van der Waals surface area contributed by atoms with E-state index in [1.165, 1.54) is 6.07 Å². The third kappa shape index (κ3) is 6.88. The second-order valence-corrected chi connectivity index (χ2v) is 6.53. The summed E-state index contributed by atoms with van der Waals surface area (Å²) < 4.78 is 19.1. The van der Waals surface area contributed by atoms with Gasteiger partial charge in [-0.3, -0.25) is 9.89 Å². The molecule has 26 heavy (non-hydrogen) atoms. The van der Waals surface area contributed by atoms with Crippen molar-refractivity contribution in [2.75, 3.05) is 67.5 Å². The number of likely N-dealkylation sites (N-methyl/N-ethyl adjacent to an activating group) is 3. The Balaban J connectivity index is 0.00000338. The van der Waals surface area contributed by atoms with Gasteiger partial charge in [-0.15, -0.1) is 24.0 Å². The second kappa shape index (κ2) is 11.6. The average molecular weight is 479 g/mol. The van der Waals surface area contributed by atoms with Gasteiger partial charge >= 0.3 is 0 Å². The maximum absolute atomic E-state index is 13.6. The van der Waals surface area contributed by atoms with Crippen molar-refractivity contribution in [1.29, 1.82) is 0 Å². The zero-order valence-corrected chi connectivity index (χ0v) is 18.4. The zero-order chi connectivity index (χ0) is 18.2. The molecule has 0 spiro atoms. The van der Waals surface area contributed by atoms with Crippen LogP contribution in [0.25, 0.3) is 0 Å². The fourth-order valence-electron chi connectivity index (χ4n) is 2.88. The van der Waals surface area contributed by atoms with Crippen molar-refractivity contribution in [3.63, 3.8) is 0 Å². The molecular weight excluding hydrogens is 448 g/mol. The molecule has 1 N–H and O–H groups in total. The first kappa shape index (κ1) is 22.9. The summed E-state index contributed by atoms with van der Waals surface area (Å²) in [6, 6.07) is 6.91. The number of aliphatic imine (C=N–C) groups is 1. The Morgan fingerprint density at radius 2 is 2.08 bits per heavy atom. The van der Waals surface area contributed by atoms with Crippen molar-refractivity contribution >= 4 is 29.9 Å². The Morgan fingerprint density at radius 3 is 2.77 bits per heavy atom. The Kier molecular flexibility index (Phi) is 10.2. The molecular formula is C18H31FIN5O. The van der Waals surface area contributed by atoms with Gasteiger partial charge in [0.1, 0.15) is 6.61 Å². The van der Waals surface area contributed by atoms with Crippen LogP contribution in [0.1, 0.15) is 0 Å². The topological polar surface area (TPSA) is 43.3 Å². The number of hydrogen-bond donors (Lipinski definition) is 1. The molecule has 1 aliphatic heterocycles. The quantitative estimate of drug-likeness (QED) is 0.382. The minimum absolute atomic E-state index is 0. The predicted octanol–water partition coefficient (Wildman–Crippen LogP) is 1.58. The first-order valence-electron chi connectivity index (χ1n) is 8.69. The zero-order valence-electron chi connectivity index (χ0n) is 16.1. The van der Waals surface area contributed by atoms with E-state index < -0.39 is 0 Å². The summed E-state index contributed by atoms with van der Waals surface area (Å²) in [5.41, 5.74) is 0. The molecule has 1 saturated heterocycles. The average Bonchev–Trinajstić information content (AvgIpc) is 2.60. The molecule has 1 fully saturated rings. The standard InChI is InChI=1S/C18H30FN5O.HI/c1-20-18(21-13-15-14-22(2)9-10-23(15)3)24(4)11-12-25-17-8-6-5-7-16(17)19;/h5-8,15H,9-14H2,1-4H3,(H,20,21);1H. The van der Waals surface area contributed by atoms with Crippen molar-refractivity contribution in [3.05, 3.63) is 30.1 Å². The van der Waals surface area contributed by atoms with Crippen LogP contribution in [-0.2, 0) is 0 Å². The van der Waals surface area contributed by atoms with Gasteiger partial charge in [0.2, 0.25) is 0 Å². The van der Waals surface area contributed by atoms with Gasteiger partial charge < -0.3 is 19.9 Å². The SMILES string of the molecule is CN=C(NCC1CN(C)CCN1C)N(C)CCOc1ccccc1F.I. The lowest BCUT2D eigenvalue weighted by Gasteiger charge is -2.38. The first-order chi connectivity index (χ1) is 12.0. The third-order valence-electron chi connectivity index (χ3n) is 4.57. The monoisotopic (exact) mass is 479 g/mol. The lowest BCUT2D eigenvalue weighted by Crippen LogP contribution is -2.55. The molecule has 1 aliphatic rings. The number of benzene rings is 1. The van der Waals surface area contributed by atoms with E-state index in [2.05, 4.69) is 34.2 Å². The van der Waals surface area contributed by atoms with Crippen molar-refractivity contribution in [3.8, 4) is 5.75 Å². The summed E-state index contributed by atoms with van der Waals surface area (Å²) in [6.07, 6.45) is 0. The van der Waals surface area contributed by atoms with Crippen molar-refractivity contribution in [1.82, 2.24) is 20.0 Å². The lowest BCUT2D eigenvalue weighted by molar-refractivity contribution is 0.116. The minimum Gasteiger partial charge on any atom is -0.489 e. The van der Waals surface area contributed by atoms with E-state index in [9.17, 15) is 4.39 Å². The number of guanidine groups is 1. The van der Waals surface area contributed by atoms with Crippen molar-refractivity contribution in [2.45, 2.75) is 6.04 Å². The van der Waals surface area contributed by atoms with Gasteiger partial charge in [0.25, 0.3) is 0 Å². The Morgan fingerprint density at radius 1 is 1.35 bits per heavy atom. The molecule has 1 unspecified atom stereocenters. The van der Waals surface area contributed by atoms with Crippen molar-refractivity contribution in [2.24, 2.45) is 4.99 Å². The first-order valence-corrected chi connectivity index (χ1v) is 8.69. The van der Waals surface area contributed by atoms with Gasteiger partial charge in [0.15, 0.2) is 17.5 Å². The van der Waals surface area contributed by atoms with E-state index in [1.54, 1.807) is 25.2 Å². The third-order valence-corrected chi connectivity index (χ3v) is 4.57. The number of rotatable bonds is 6. The fourth-order valence-corrected chi connectivity index (χ4v) is 2.88. The largest absolute Gasteiger partial charge is 0.489 e. The van der Waals surface area contributed by atoms with Crippen LogP contribution in [0.5, 0.6) is 5.75 Å². The molecule has 0 bridgehead atoms. The molecule has 6 nitrogen and oxygen atoms in total. The van der Waals surface area contributed by atoms with Gasteiger partial charge in [-0.1, -0.05) is 12.1 Å². The van der Waals surface area contributed by atoms with E-state index >= 15 is 0 Å². The van der Waals surface area contributed by atoms with E-state index in [-0.39, 0.29) is 35.5 Å². The van der Waals surface area contributed by atoms with E-state index in [4.69, 9.17) is 4.74 Å². The van der Waals surface area contributed by atoms with Gasteiger partial charge in [-0.25, -0.2) is 4.39 Å². The highest BCUT2D eigenvalue weighted by molar-refractivity contribution is 14.0. The molecule has 8 heteroatoms. The summed E-state index contributed by atoms with van der Waals surface area (Å²) in [7, 11) is 8.04. The Labute approximate surface area is 173 Å². The number of ether oxygens (including phenoxy) is 1. The number of piperazine rings is 1. The Hall–Kier alpha value is -1.13. The van der Waals surface area contributed by atoms with Crippen LogP contribution in [0.15, 0.2) is 29.3 Å². The number of nitrogens with zero attached hydrogens (tertiary/aromatic N) is 4. The molecule has 2 rings (SSSR count). The second-order valence-electron chi connectivity index (χ2n) is 6.53. The summed E-state index contributed by atoms with van der Waals surface area (Å²) in [5, 5.41) is 3.43. The molecule has 148 valence electrons. The van der Waals surface area contributed by atoms with Crippen LogP contribution in [-0.4, -0.2) is 94.2 Å². The fraction of sp³-hybridized carbons (Fsp3) is 0.611. The molecule has 0 saturated carbocycles. The van der Waals surface area contributed by atoms with Crippen LogP contribution < -0.4 is 10.1 Å². The normalized spacial score (nSPS) is 19.0. The number of halogens is 2. The smallest absolute Gasteiger partial charge is 0.193 e. The van der Waals surface area contributed by atoms with Crippen LogP contribution in [0, 0.1) is 5.82 Å². The molecule has 1 atom stereocenters. The molecule has 1 heterocycles. The summed E-state index contributed by atoms with van der Waals surface area (Å²) in [6.45, 7) is 5.08. The number of nitrogens with one attached hydrogen (secondary N) is 1. The van der Waals surface area contributed by atoms with Gasteiger partial charge in [0.05, 0.1) is 6.54 Å². The predicted molar refractivity (Wildman–Crippen MR) is 115 cm³/mol. The van der Waals surface area contributed by atoms with Gasteiger partial charge in [-0.2, -0.15) is 0 Å². The van der Waals surface area contributed by atoms with Crippen LogP contribution in [0.3, 0.4) is 0 Å². The highest BCUT2D eigenvalue weighted by Crippen LogP contribution is 2.15. The van der Waals surface area contributed by atoms with E-state index in [1.807, 2.05) is 11.9 Å². The molecule has 0 aliphatic carbocycles. The maximum Gasteiger partial charge on any atom is 0.193 e. The molecule has 1 aromatic carbocycles. The Bertz CT molecular complexity index is 574. The maximum atomic E-state index is 13.6. The molecule has 0 amide bonds. The van der Waals surface area contributed by atoms with Gasteiger partial charge in [-0.05, 0) is 26.2 Å². The summed E-state index contributed by atoms with van der Waals surface area (Å²) in [5.74, 6) is 0.765. The van der Waals surface area contributed by atoms with E-state index in [0.717, 1.165) is 32.1 Å². The molecule has 0 aromatic heterocycles. The highest BCUT2D eigenvalue weighted by Gasteiger charge is 2.22. The molecule has 1 aromatic rings. The molecule has 0 radical (unpaired) electrons. The lowest BCUT2D eigenvalue weighted by atomic mass is 10.2.